The lowest BCUT2D eigenvalue weighted by molar-refractivity contribution is -0.138. The third kappa shape index (κ3) is 3.80. The zero-order valence-electron chi connectivity index (χ0n) is 9.70. The van der Waals surface area contributed by atoms with Crippen LogP contribution in [0.15, 0.2) is 0 Å². The molecule has 0 radical (unpaired) electrons. The first-order chi connectivity index (χ1) is 7.15. The van der Waals surface area contributed by atoms with E-state index in [1.54, 1.807) is 0 Å². The first-order valence-corrected chi connectivity index (χ1v) is 5.83. The molecule has 1 heterocycles. The highest BCUT2D eigenvalue weighted by atomic mass is 16.4. The Morgan fingerprint density at radius 3 is 2.87 bits per heavy atom. The average molecular weight is 214 g/mol. The standard InChI is InChI=1S/C11H22N2O2/c1-3-13(9(2)7-11(14)15)10-5-4-6-12-8-10/h9-10,12H,3-8H2,1-2H3,(H,14,15). The number of hydrogen-bond donors (Lipinski definition) is 2. The summed E-state index contributed by atoms with van der Waals surface area (Å²) in [5, 5.41) is 12.2. The minimum Gasteiger partial charge on any atom is -0.481 e. The first kappa shape index (κ1) is 12.5. The lowest BCUT2D eigenvalue weighted by atomic mass is 10.0. The molecule has 0 aliphatic carbocycles. The molecule has 1 fully saturated rings. The van der Waals surface area contributed by atoms with Crippen LogP contribution in [0.2, 0.25) is 0 Å². The van der Waals surface area contributed by atoms with Gasteiger partial charge < -0.3 is 10.4 Å². The molecule has 1 saturated heterocycles. The van der Waals surface area contributed by atoms with E-state index in [2.05, 4.69) is 17.1 Å². The molecule has 0 spiro atoms. The molecular weight excluding hydrogens is 192 g/mol. The van der Waals surface area contributed by atoms with Crippen LogP contribution in [0.1, 0.15) is 33.1 Å². The molecule has 2 atom stereocenters. The normalized spacial score (nSPS) is 24.1. The third-order valence-electron chi connectivity index (χ3n) is 3.14. The van der Waals surface area contributed by atoms with Crippen molar-refractivity contribution in [3.8, 4) is 0 Å². The highest BCUT2D eigenvalue weighted by Crippen LogP contribution is 2.15. The van der Waals surface area contributed by atoms with Gasteiger partial charge in [0.2, 0.25) is 0 Å². The monoisotopic (exact) mass is 214 g/mol. The summed E-state index contributed by atoms with van der Waals surface area (Å²) < 4.78 is 0. The quantitative estimate of drug-likeness (QED) is 0.714. The van der Waals surface area contributed by atoms with Crippen LogP contribution >= 0.6 is 0 Å². The van der Waals surface area contributed by atoms with Gasteiger partial charge in [0.25, 0.3) is 0 Å². The second-order valence-electron chi connectivity index (χ2n) is 4.28. The predicted molar refractivity (Wildman–Crippen MR) is 60.0 cm³/mol. The number of piperidine rings is 1. The SMILES string of the molecule is CCN(C(C)CC(=O)O)C1CCCNC1. The highest BCUT2D eigenvalue weighted by Gasteiger charge is 2.24. The maximum atomic E-state index is 10.7. The van der Waals surface area contributed by atoms with Gasteiger partial charge in [-0.25, -0.2) is 0 Å². The van der Waals surface area contributed by atoms with E-state index >= 15 is 0 Å². The molecule has 4 nitrogen and oxygen atoms in total. The molecule has 2 N–H and O–H groups in total. The molecule has 1 aliphatic heterocycles. The molecule has 0 aromatic carbocycles. The van der Waals surface area contributed by atoms with Crippen LogP contribution in [0, 0.1) is 0 Å². The Hall–Kier alpha value is -0.610. The van der Waals surface area contributed by atoms with Crippen molar-refractivity contribution >= 4 is 5.97 Å². The molecule has 0 saturated carbocycles. The maximum absolute atomic E-state index is 10.7. The van der Waals surface area contributed by atoms with Crippen LogP contribution in [0.5, 0.6) is 0 Å². The van der Waals surface area contributed by atoms with E-state index in [4.69, 9.17) is 5.11 Å². The number of nitrogens with zero attached hydrogens (tertiary/aromatic N) is 1. The molecule has 1 rings (SSSR count). The molecule has 0 aromatic heterocycles. The largest absolute Gasteiger partial charge is 0.481 e. The lowest BCUT2D eigenvalue weighted by Crippen LogP contribution is -2.50. The molecule has 0 bridgehead atoms. The Labute approximate surface area is 91.6 Å². The molecular formula is C11H22N2O2. The Morgan fingerprint density at radius 2 is 2.40 bits per heavy atom. The van der Waals surface area contributed by atoms with Gasteiger partial charge in [-0.15, -0.1) is 0 Å². The second-order valence-corrected chi connectivity index (χ2v) is 4.28. The van der Waals surface area contributed by atoms with Crippen LogP contribution in [-0.4, -0.2) is 47.7 Å². The molecule has 4 heteroatoms. The third-order valence-corrected chi connectivity index (χ3v) is 3.14. The first-order valence-electron chi connectivity index (χ1n) is 5.83. The van der Waals surface area contributed by atoms with Gasteiger partial charge in [0.15, 0.2) is 0 Å². The predicted octanol–water partition coefficient (Wildman–Crippen LogP) is 0.924. The Balaban J connectivity index is 2.48. The van der Waals surface area contributed by atoms with Crippen molar-refractivity contribution in [1.29, 1.82) is 0 Å². The van der Waals surface area contributed by atoms with Gasteiger partial charge in [-0.1, -0.05) is 6.92 Å². The number of carbonyl (C=O) groups is 1. The van der Waals surface area contributed by atoms with Gasteiger partial charge in [0.1, 0.15) is 0 Å². The number of carboxylic acids is 1. The van der Waals surface area contributed by atoms with Crippen molar-refractivity contribution in [2.24, 2.45) is 0 Å². The van der Waals surface area contributed by atoms with Crippen LogP contribution in [-0.2, 0) is 4.79 Å². The summed E-state index contributed by atoms with van der Waals surface area (Å²) in [6, 6.07) is 0.649. The lowest BCUT2D eigenvalue weighted by Gasteiger charge is -2.37. The topological polar surface area (TPSA) is 52.6 Å². The van der Waals surface area contributed by atoms with E-state index in [1.807, 2.05) is 6.92 Å². The van der Waals surface area contributed by atoms with E-state index in [-0.39, 0.29) is 12.5 Å². The van der Waals surface area contributed by atoms with Crippen molar-refractivity contribution in [2.45, 2.75) is 45.2 Å². The number of nitrogens with one attached hydrogen (secondary N) is 1. The molecule has 15 heavy (non-hydrogen) atoms. The summed E-state index contributed by atoms with van der Waals surface area (Å²) in [5.74, 6) is -0.704. The zero-order valence-corrected chi connectivity index (χ0v) is 9.70. The number of aliphatic carboxylic acids is 1. The van der Waals surface area contributed by atoms with Crippen LogP contribution in [0.4, 0.5) is 0 Å². The number of likely N-dealkylation sites (N-methyl/N-ethyl adjacent to an activating group) is 1. The smallest absolute Gasteiger partial charge is 0.304 e. The number of hydrogen-bond acceptors (Lipinski definition) is 3. The minimum atomic E-state index is -0.704. The number of carboxylic acid groups (broad SMARTS) is 1. The average Bonchev–Trinajstić information content (AvgIpc) is 2.19. The van der Waals surface area contributed by atoms with E-state index < -0.39 is 5.97 Å². The molecule has 0 amide bonds. The summed E-state index contributed by atoms with van der Waals surface area (Å²) in [6.07, 6.45) is 2.62. The molecule has 0 aromatic rings. The fraction of sp³-hybridized carbons (Fsp3) is 0.909. The molecule has 1 aliphatic rings. The Bertz CT molecular complexity index is 203. The summed E-state index contributed by atoms with van der Waals surface area (Å²) in [4.78, 5) is 13.0. The molecule has 88 valence electrons. The van der Waals surface area contributed by atoms with Crippen molar-refractivity contribution < 1.29 is 9.90 Å². The number of rotatable bonds is 5. The van der Waals surface area contributed by atoms with E-state index in [0.717, 1.165) is 19.6 Å². The van der Waals surface area contributed by atoms with Crippen LogP contribution in [0.3, 0.4) is 0 Å². The summed E-state index contributed by atoms with van der Waals surface area (Å²) in [5.41, 5.74) is 0. The maximum Gasteiger partial charge on any atom is 0.304 e. The highest BCUT2D eigenvalue weighted by molar-refractivity contribution is 5.67. The van der Waals surface area contributed by atoms with E-state index in [1.165, 1.54) is 12.8 Å². The Kier molecular flexibility index (Phi) is 5.05. The van der Waals surface area contributed by atoms with Gasteiger partial charge in [-0.3, -0.25) is 9.69 Å². The zero-order chi connectivity index (χ0) is 11.3. The Morgan fingerprint density at radius 1 is 1.67 bits per heavy atom. The van der Waals surface area contributed by atoms with Crippen LogP contribution < -0.4 is 5.32 Å². The van der Waals surface area contributed by atoms with E-state index in [0.29, 0.717) is 6.04 Å². The van der Waals surface area contributed by atoms with Crippen LogP contribution in [0.25, 0.3) is 0 Å². The van der Waals surface area contributed by atoms with Crippen molar-refractivity contribution in [3.05, 3.63) is 0 Å². The van der Waals surface area contributed by atoms with Gasteiger partial charge in [-0.05, 0) is 32.9 Å². The fourth-order valence-electron chi connectivity index (χ4n) is 2.42. The van der Waals surface area contributed by atoms with Gasteiger partial charge in [0, 0.05) is 18.6 Å². The summed E-state index contributed by atoms with van der Waals surface area (Å²) in [6.45, 7) is 7.14. The molecule has 2 unspecified atom stereocenters. The van der Waals surface area contributed by atoms with Gasteiger partial charge >= 0.3 is 5.97 Å². The van der Waals surface area contributed by atoms with Crippen molar-refractivity contribution in [1.82, 2.24) is 10.2 Å². The summed E-state index contributed by atoms with van der Waals surface area (Å²) in [7, 11) is 0. The second kappa shape index (κ2) is 6.08. The van der Waals surface area contributed by atoms with Gasteiger partial charge in [0.05, 0.1) is 6.42 Å². The van der Waals surface area contributed by atoms with Gasteiger partial charge in [-0.2, -0.15) is 0 Å². The van der Waals surface area contributed by atoms with Crippen molar-refractivity contribution in [2.75, 3.05) is 19.6 Å². The minimum absolute atomic E-state index is 0.136. The summed E-state index contributed by atoms with van der Waals surface area (Å²) >= 11 is 0. The fourth-order valence-corrected chi connectivity index (χ4v) is 2.42. The van der Waals surface area contributed by atoms with E-state index in [9.17, 15) is 4.79 Å². The van der Waals surface area contributed by atoms with Crippen molar-refractivity contribution in [3.63, 3.8) is 0 Å².